The first-order chi connectivity index (χ1) is 18.9. The Balaban J connectivity index is 1.54. The molecule has 1 aliphatic heterocycles. The van der Waals surface area contributed by atoms with Crippen molar-refractivity contribution in [3.63, 3.8) is 0 Å². The van der Waals surface area contributed by atoms with E-state index in [2.05, 4.69) is 39.3 Å². The summed E-state index contributed by atoms with van der Waals surface area (Å²) in [6.45, 7) is 9.09. The average Bonchev–Trinajstić information content (AvgIpc) is 3.59. The lowest BCUT2D eigenvalue weighted by Crippen LogP contribution is -2.36. The third-order valence-electron chi connectivity index (χ3n) is 7.16. The Bertz CT molecular complexity index is 1460. The Hall–Kier alpha value is -3.27. The van der Waals surface area contributed by atoms with Gasteiger partial charge in [0.05, 0.1) is 25.3 Å². The molecule has 39 heavy (non-hydrogen) atoms. The Labute approximate surface area is 233 Å². The number of tetrazole rings is 1. The van der Waals surface area contributed by atoms with E-state index < -0.39 is 0 Å². The predicted molar refractivity (Wildman–Crippen MR) is 151 cm³/mol. The van der Waals surface area contributed by atoms with Gasteiger partial charge in [-0.15, -0.1) is 5.10 Å². The fourth-order valence-electron chi connectivity index (χ4n) is 5.34. The van der Waals surface area contributed by atoms with Crippen LogP contribution in [-0.2, 0) is 24.4 Å². The summed E-state index contributed by atoms with van der Waals surface area (Å²) in [7, 11) is 0. The van der Waals surface area contributed by atoms with Crippen LogP contribution >= 0.6 is 11.6 Å². The molecule has 0 spiro atoms. The second-order valence-corrected chi connectivity index (χ2v) is 10.8. The van der Waals surface area contributed by atoms with Gasteiger partial charge in [-0.2, -0.15) is 0 Å². The summed E-state index contributed by atoms with van der Waals surface area (Å²) in [5.41, 5.74) is 2.26. The van der Waals surface area contributed by atoms with Crippen molar-refractivity contribution in [1.82, 2.24) is 30.1 Å². The Morgan fingerprint density at radius 1 is 1.18 bits per heavy atom. The van der Waals surface area contributed by atoms with Crippen molar-refractivity contribution in [2.24, 2.45) is 5.92 Å². The molecule has 9 nitrogen and oxygen atoms in total. The molecule has 0 radical (unpaired) electrons. The van der Waals surface area contributed by atoms with Crippen LogP contribution in [0.25, 0.3) is 10.9 Å². The van der Waals surface area contributed by atoms with Crippen molar-refractivity contribution < 1.29 is 9.47 Å². The van der Waals surface area contributed by atoms with E-state index in [1.165, 1.54) is 0 Å². The summed E-state index contributed by atoms with van der Waals surface area (Å²) >= 11 is 6.61. The molecule has 206 valence electrons. The van der Waals surface area contributed by atoms with Crippen LogP contribution in [0.5, 0.6) is 5.75 Å². The quantitative estimate of drug-likeness (QED) is 0.276. The van der Waals surface area contributed by atoms with Gasteiger partial charge in [-0.05, 0) is 72.0 Å². The number of H-pyrrole nitrogens is 1. The summed E-state index contributed by atoms with van der Waals surface area (Å²) in [6.07, 6.45) is 2.13. The molecule has 0 unspecified atom stereocenters. The van der Waals surface area contributed by atoms with E-state index in [1.54, 1.807) is 0 Å². The summed E-state index contributed by atoms with van der Waals surface area (Å²) in [6, 6.07) is 15.3. The smallest absolute Gasteiger partial charge is 0.252 e. The Morgan fingerprint density at radius 3 is 2.74 bits per heavy atom. The highest BCUT2D eigenvalue weighted by atomic mass is 35.5. The van der Waals surface area contributed by atoms with E-state index in [4.69, 9.17) is 21.1 Å². The van der Waals surface area contributed by atoms with Crippen molar-refractivity contribution in [1.29, 1.82) is 0 Å². The van der Waals surface area contributed by atoms with E-state index in [-0.39, 0.29) is 23.6 Å². The molecule has 1 aliphatic rings. The van der Waals surface area contributed by atoms with Gasteiger partial charge >= 0.3 is 0 Å². The highest BCUT2D eigenvalue weighted by Gasteiger charge is 2.31. The van der Waals surface area contributed by atoms with Crippen LogP contribution < -0.4 is 10.3 Å². The number of hydrogen-bond donors (Lipinski definition) is 1. The molecule has 0 bridgehead atoms. The first kappa shape index (κ1) is 27.3. The summed E-state index contributed by atoms with van der Waals surface area (Å²) < 4.78 is 13.4. The molecule has 10 heteroatoms. The van der Waals surface area contributed by atoms with Gasteiger partial charge in [0.2, 0.25) is 0 Å². The molecular weight excluding hydrogens is 516 g/mol. The number of ether oxygens (including phenoxy) is 2. The molecular formula is C29H35ClN6O3. The number of nitrogens with zero attached hydrogens (tertiary/aromatic N) is 5. The van der Waals surface area contributed by atoms with Crippen LogP contribution in [0, 0.1) is 5.92 Å². The molecule has 4 aromatic rings. The zero-order valence-corrected chi connectivity index (χ0v) is 23.4. The Morgan fingerprint density at radius 2 is 2.00 bits per heavy atom. The molecule has 5 rings (SSSR count). The maximum Gasteiger partial charge on any atom is 0.252 e. The highest BCUT2D eigenvalue weighted by Crippen LogP contribution is 2.32. The number of fused-ring (bicyclic) bond motifs is 1. The van der Waals surface area contributed by atoms with Crippen molar-refractivity contribution in [2.45, 2.75) is 65.4 Å². The van der Waals surface area contributed by atoms with Gasteiger partial charge in [0.25, 0.3) is 5.56 Å². The molecule has 2 aromatic carbocycles. The minimum absolute atomic E-state index is 0.0972. The van der Waals surface area contributed by atoms with Crippen LogP contribution in [0.4, 0.5) is 0 Å². The predicted octanol–water partition coefficient (Wildman–Crippen LogP) is 5.15. The second-order valence-electron chi connectivity index (χ2n) is 10.3. The second kappa shape index (κ2) is 12.3. The minimum Gasteiger partial charge on any atom is -0.494 e. The van der Waals surface area contributed by atoms with Gasteiger partial charge in [0.1, 0.15) is 5.75 Å². The van der Waals surface area contributed by atoms with Crippen molar-refractivity contribution in [2.75, 3.05) is 13.2 Å². The highest BCUT2D eigenvalue weighted by molar-refractivity contribution is 6.31. The monoisotopic (exact) mass is 550 g/mol. The van der Waals surface area contributed by atoms with Crippen LogP contribution in [0.1, 0.15) is 56.6 Å². The molecule has 0 saturated carbocycles. The zero-order chi connectivity index (χ0) is 27.4. The van der Waals surface area contributed by atoms with E-state index in [9.17, 15) is 4.79 Å². The van der Waals surface area contributed by atoms with Gasteiger partial charge in [0, 0.05) is 41.2 Å². The normalized spacial score (nSPS) is 16.4. The van der Waals surface area contributed by atoms with Crippen LogP contribution in [0.2, 0.25) is 5.02 Å². The molecule has 1 saturated heterocycles. The van der Waals surface area contributed by atoms with Gasteiger partial charge in [-0.3, -0.25) is 9.69 Å². The van der Waals surface area contributed by atoms with E-state index in [1.807, 2.05) is 60.1 Å². The molecule has 2 atom stereocenters. The first-order valence-electron chi connectivity index (χ1n) is 13.6. The van der Waals surface area contributed by atoms with Crippen LogP contribution in [-0.4, -0.2) is 49.4 Å². The topological polar surface area (TPSA) is 98.2 Å². The third-order valence-corrected chi connectivity index (χ3v) is 7.53. The number of aromatic nitrogens is 5. The fraction of sp³-hybridized carbons (Fsp3) is 0.448. The van der Waals surface area contributed by atoms with Gasteiger partial charge in [-0.1, -0.05) is 43.6 Å². The molecule has 0 amide bonds. The largest absolute Gasteiger partial charge is 0.494 e. The fourth-order valence-corrected chi connectivity index (χ4v) is 5.53. The SMILES string of the molecule is CCOc1ccc2[nH]c(=O)c(CN(Cc3ccccc3Cl)[C@@H](c3nnnn3C[C@H]3CCCO3)C(C)C)cc2c1. The summed E-state index contributed by atoms with van der Waals surface area (Å²) in [5.74, 6) is 1.67. The molecule has 2 aromatic heterocycles. The number of aromatic amines is 1. The lowest BCUT2D eigenvalue weighted by molar-refractivity contribution is 0.0851. The number of halogens is 1. The molecule has 1 fully saturated rings. The lowest BCUT2D eigenvalue weighted by atomic mass is 9.99. The number of rotatable bonds is 11. The molecule has 3 heterocycles. The molecule has 1 N–H and O–H groups in total. The van der Waals surface area contributed by atoms with Gasteiger partial charge < -0.3 is 14.5 Å². The number of benzene rings is 2. The Kier molecular flexibility index (Phi) is 8.60. The average molecular weight is 551 g/mol. The summed E-state index contributed by atoms with van der Waals surface area (Å²) in [5, 5.41) is 14.4. The van der Waals surface area contributed by atoms with E-state index in [0.29, 0.717) is 36.8 Å². The number of nitrogens with one attached hydrogen (secondary N) is 1. The standard InChI is InChI=1S/C29H35ClN6O3/c1-4-38-23-11-12-26-21(15-23)14-22(29(37)31-26)17-35(16-20-8-5-6-10-25(20)30)27(19(2)3)28-32-33-34-36(28)18-24-9-7-13-39-24/h5-6,8,10-12,14-15,19,24,27H,4,7,9,13,16-18H2,1-3H3,(H,31,37)/t24-,27-/m1/s1. The third kappa shape index (κ3) is 6.32. The lowest BCUT2D eigenvalue weighted by Gasteiger charge is -2.34. The van der Waals surface area contributed by atoms with Gasteiger partial charge in [0.15, 0.2) is 5.82 Å². The molecule has 0 aliphatic carbocycles. The van der Waals surface area contributed by atoms with E-state index >= 15 is 0 Å². The summed E-state index contributed by atoms with van der Waals surface area (Å²) in [4.78, 5) is 18.6. The number of pyridine rings is 1. The zero-order valence-electron chi connectivity index (χ0n) is 22.6. The van der Waals surface area contributed by atoms with Crippen molar-refractivity contribution in [3.8, 4) is 5.75 Å². The maximum atomic E-state index is 13.3. The number of hydrogen-bond acceptors (Lipinski definition) is 7. The van der Waals surface area contributed by atoms with Crippen molar-refractivity contribution in [3.05, 3.63) is 80.9 Å². The van der Waals surface area contributed by atoms with Crippen molar-refractivity contribution >= 4 is 22.5 Å². The first-order valence-corrected chi connectivity index (χ1v) is 13.9. The van der Waals surface area contributed by atoms with Gasteiger partial charge in [-0.25, -0.2) is 4.68 Å². The van der Waals surface area contributed by atoms with E-state index in [0.717, 1.165) is 47.5 Å². The van der Waals surface area contributed by atoms with Crippen LogP contribution in [0.3, 0.4) is 0 Å². The maximum absolute atomic E-state index is 13.3. The van der Waals surface area contributed by atoms with Crippen LogP contribution in [0.15, 0.2) is 53.3 Å². The minimum atomic E-state index is -0.178.